The number of rotatable bonds is 3. The van der Waals surface area contributed by atoms with Crippen LogP contribution in [0.15, 0.2) is 35.0 Å². The molecule has 0 fully saturated rings. The lowest BCUT2D eigenvalue weighted by atomic mass is 10.1. The molecule has 0 bridgehead atoms. The van der Waals surface area contributed by atoms with Crippen molar-refractivity contribution in [3.05, 3.63) is 57.6 Å². The summed E-state index contributed by atoms with van der Waals surface area (Å²) in [6, 6.07) is 7.82. The standard InChI is InChI=1S/C14H11N3O3/c1-9-14(17(18)19)13(20-16-9)7-6-10-8-15-12-5-3-2-4-11(10)12/h2-8,15H,1H3/b7-6+. The predicted molar refractivity (Wildman–Crippen MR) is 75.1 cm³/mol. The Labute approximate surface area is 113 Å². The summed E-state index contributed by atoms with van der Waals surface area (Å²) in [5.74, 6) is 0.151. The average Bonchev–Trinajstić information content (AvgIpc) is 3.00. The molecule has 0 radical (unpaired) electrons. The molecule has 0 aliphatic carbocycles. The number of para-hydroxylation sites is 1. The van der Waals surface area contributed by atoms with Gasteiger partial charge in [0.25, 0.3) is 0 Å². The number of fused-ring (bicyclic) bond motifs is 1. The molecule has 0 atom stereocenters. The quantitative estimate of drug-likeness (QED) is 0.582. The van der Waals surface area contributed by atoms with Crippen molar-refractivity contribution < 1.29 is 9.45 Å². The van der Waals surface area contributed by atoms with Crippen molar-refractivity contribution in [3.63, 3.8) is 0 Å². The largest absolute Gasteiger partial charge is 0.361 e. The van der Waals surface area contributed by atoms with Gasteiger partial charge in [-0.3, -0.25) is 10.1 Å². The first-order valence-corrected chi connectivity index (χ1v) is 6.01. The smallest absolute Gasteiger partial charge is 0.338 e. The third-order valence-electron chi connectivity index (χ3n) is 3.08. The highest BCUT2D eigenvalue weighted by atomic mass is 16.6. The van der Waals surface area contributed by atoms with Crippen LogP contribution in [0.3, 0.4) is 0 Å². The Kier molecular flexibility index (Phi) is 2.83. The van der Waals surface area contributed by atoms with Crippen molar-refractivity contribution in [3.8, 4) is 0 Å². The van der Waals surface area contributed by atoms with E-state index in [2.05, 4.69) is 10.1 Å². The Balaban J connectivity index is 2.01. The second-order valence-corrected chi connectivity index (χ2v) is 4.36. The predicted octanol–water partition coefficient (Wildman–Crippen LogP) is 3.54. The van der Waals surface area contributed by atoms with E-state index in [4.69, 9.17) is 4.52 Å². The van der Waals surface area contributed by atoms with E-state index in [-0.39, 0.29) is 17.1 Å². The molecule has 0 amide bonds. The number of nitro groups is 1. The van der Waals surface area contributed by atoms with Gasteiger partial charge >= 0.3 is 5.69 Å². The summed E-state index contributed by atoms with van der Waals surface area (Å²) < 4.78 is 4.98. The first-order chi connectivity index (χ1) is 9.66. The molecule has 1 N–H and O–H groups in total. The molecule has 0 saturated carbocycles. The van der Waals surface area contributed by atoms with Crippen molar-refractivity contribution in [1.29, 1.82) is 0 Å². The highest BCUT2D eigenvalue weighted by Crippen LogP contribution is 2.26. The van der Waals surface area contributed by atoms with Gasteiger partial charge in [0.15, 0.2) is 5.69 Å². The molecular weight excluding hydrogens is 258 g/mol. The third kappa shape index (κ3) is 1.97. The van der Waals surface area contributed by atoms with Crippen LogP contribution >= 0.6 is 0 Å². The van der Waals surface area contributed by atoms with Crippen molar-refractivity contribution in [1.82, 2.24) is 10.1 Å². The molecule has 3 rings (SSSR count). The highest BCUT2D eigenvalue weighted by molar-refractivity contribution is 5.91. The van der Waals surface area contributed by atoms with Gasteiger partial charge < -0.3 is 9.51 Å². The maximum atomic E-state index is 10.9. The van der Waals surface area contributed by atoms with Crippen molar-refractivity contribution in [2.24, 2.45) is 0 Å². The molecule has 100 valence electrons. The molecule has 3 aromatic rings. The minimum atomic E-state index is -0.485. The number of aromatic amines is 1. The highest BCUT2D eigenvalue weighted by Gasteiger charge is 2.21. The zero-order valence-corrected chi connectivity index (χ0v) is 10.7. The van der Waals surface area contributed by atoms with Crippen LogP contribution in [0.2, 0.25) is 0 Å². The van der Waals surface area contributed by atoms with Gasteiger partial charge in [0.05, 0.1) is 4.92 Å². The fourth-order valence-corrected chi connectivity index (χ4v) is 2.11. The van der Waals surface area contributed by atoms with E-state index < -0.39 is 4.92 Å². The summed E-state index contributed by atoms with van der Waals surface area (Å²) in [6.45, 7) is 1.55. The molecule has 0 spiro atoms. The minimum Gasteiger partial charge on any atom is -0.361 e. The Morgan fingerprint density at radius 1 is 1.35 bits per heavy atom. The summed E-state index contributed by atoms with van der Waals surface area (Å²) in [5, 5.41) is 15.6. The van der Waals surface area contributed by atoms with Gasteiger partial charge in [-0.25, -0.2) is 0 Å². The van der Waals surface area contributed by atoms with E-state index in [9.17, 15) is 10.1 Å². The third-order valence-corrected chi connectivity index (χ3v) is 3.08. The molecule has 1 aromatic carbocycles. The number of benzene rings is 1. The minimum absolute atomic E-state index is 0.0962. The van der Waals surface area contributed by atoms with Crippen LogP contribution in [0.5, 0.6) is 0 Å². The topological polar surface area (TPSA) is 85.0 Å². The van der Waals surface area contributed by atoms with E-state index in [1.165, 1.54) is 0 Å². The van der Waals surface area contributed by atoms with Crippen LogP contribution in [0, 0.1) is 17.0 Å². The molecule has 0 aliphatic rings. The Morgan fingerprint density at radius 2 is 2.15 bits per heavy atom. The molecule has 0 aliphatic heterocycles. The van der Waals surface area contributed by atoms with E-state index in [0.29, 0.717) is 0 Å². The number of H-pyrrole nitrogens is 1. The van der Waals surface area contributed by atoms with Crippen LogP contribution < -0.4 is 0 Å². The maximum Gasteiger partial charge on any atom is 0.338 e. The van der Waals surface area contributed by atoms with Crippen LogP contribution in [0.25, 0.3) is 23.1 Å². The second-order valence-electron chi connectivity index (χ2n) is 4.36. The average molecular weight is 269 g/mol. The van der Waals surface area contributed by atoms with E-state index in [1.54, 1.807) is 19.1 Å². The number of aromatic nitrogens is 2. The van der Waals surface area contributed by atoms with Crippen LogP contribution in [-0.4, -0.2) is 15.1 Å². The lowest BCUT2D eigenvalue weighted by molar-refractivity contribution is -0.386. The Bertz CT molecular complexity index is 814. The number of hydrogen-bond donors (Lipinski definition) is 1. The Morgan fingerprint density at radius 3 is 2.95 bits per heavy atom. The summed E-state index contributed by atoms with van der Waals surface area (Å²) in [7, 11) is 0. The number of aryl methyl sites for hydroxylation is 1. The Hall–Kier alpha value is -2.89. The SMILES string of the molecule is Cc1noc(/C=C/c2c[nH]c3ccccc23)c1[N+](=O)[O-]. The summed E-state index contributed by atoms with van der Waals surface area (Å²) in [4.78, 5) is 13.6. The lowest BCUT2D eigenvalue weighted by Gasteiger charge is -1.90. The zero-order chi connectivity index (χ0) is 14.1. The molecule has 2 aromatic heterocycles. The fourth-order valence-electron chi connectivity index (χ4n) is 2.11. The molecule has 6 heteroatoms. The summed E-state index contributed by atoms with van der Waals surface area (Å²) >= 11 is 0. The first kappa shape index (κ1) is 12.2. The zero-order valence-electron chi connectivity index (χ0n) is 10.7. The van der Waals surface area contributed by atoms with Crippen LogP contribution in [0.4, 0.5) is 5.69 Å². The normalized spacial score (nSPS) is 11.4. The van der Waals surface area contributed by atoms with Crippen molar-refractivity contribution in [2.45, 2.75) is 6.92 Å². The van der Waals surface area contributed by atoms with E-state index >= 15 is 0 Å². The number of nitrogens with one attached hydrogen (secondary N) is 1. The fraction of sp³-hybridized carbons (Fsp3) is 0.0714. The van der Waals surface area contributed by atoms with Gasteiger partial charge in [0.1, 0.15) is 0 Å². The molecule has 20 heavy (non-hydrogen) atoms. The number of hydrogen-bond acceptors (Lipinski definition) is 4. The van der Waals surface area contributed by atoms with Gasteiger partial charge in [0, 0.05) is 17.1 Å². The van der Waals surface area contributed by atoms with Crippen LogP contribution in [-0.2, 0) is 0 Å². The van der Waals surface area contributed by atoms with Gasteiger partial charge in [-0.15, -0.1) is 0 Å². The monoisotopic (exact) mass is 269 g/mol. The molecule has 0 saturated heterocycles. The maximum absolute atomic E-state index is 10.9. The van der Waals surface area contributed by atoms with E-state index in [0.717, 1.165) is 16.5 Å². The van der Waals surface area contributed by atoms with Crippen molar-refractivity contribution in [2.75, 3.05) is 0 Å². The summed E-state index contributed by atoms with van der Waals surface area (Å²) in [6.07, 6.45) is 5.18. The second kappa shape index (κ2) is 4.65. The number of nitrogens with zero attached hydrogens (tertiary/aromatic N) is 2. The van der Waals surface area contributed by atoms with Gasteiger partial charge in [-0.05, 0) is 30.7 Å². The lowest BCUT2D eigenvalue weighted by Crippen LogP contribution is -1.90. The van der Waals surface area contributed by atoms with Gasteiger partial charge in [-0.1, -0.05) is 23.4 Å². The van der Waals surface area contributed by atoms with E-state index in [1.807, 2.05) is 30.5 Å². The van der Waals surface area contributed by atoms with Crippen molar-refractivity contribution >= 4 is 28.7 Å². The molecule has 0 unspecified atom stereocenters. The summed E-state index contributed by atoms with van der Waals surface area (Å²) in [5.41, 5.74) is 2.12. The van der Waals surface area contributed by atoms with Crippen LogP contribution in [0.1, 0.15) is 17.0 Å². The molecular formula is C14H11N3O3. The molecule has 2 heterocycles. The molecule has 6 nitrogen and oxygen atoms in total. The first-order valence-electron chi connectivity index (χ1n) is 6.01. The van der Waals surface area contributed by atoms with Gasteiger partial charge in [0.2, 0.25) is 5.76 Å². The van der Waals surface area contributed by atoms with Gasteiger partial charge in [-0.2, -0.15) is 0 Å².